The van der Waals surface area contributed by atoms with E-state index in [0.29, 0.717) is 0 Å². The first-order valence-corrected chi connectivity index (χ1v) is 5.71. The van der Waals surface area contributed by atoms with Gasteiger partial charge in [0, 0.05) is 7.05 Å². The van der Waals surface area contributed by atoms with Crippen LogP contribution in [0.4, 0.5) is 5.69 Å². The van der Waals surface area contributed by atoms with Gasteiger partial charge in [0.15, 0.2) is 0 Å². The summed E-state index contributed by atoms with van der Waals surface area (Å²) < 4.78 is 1.75. The van der Waals surface area contributed by atoms with Gasteiger partial charge in [-0.15, -0.1) is 12.4 Å². The Hall–Kier alpha value is -1.07. The van der Waals surface area contributed by atoms with Crippen molar-refractivity contribution >= 4 is 24.0 Å². The van der Waals surface area contributed by atoms with Crippen LogP contribution in [-0.4, -0.2) is 28.3 Å². The van der Waals surface area contributed by atoms with Gasteiger partial charge < -0.3 is 10.6 Å². The number of piperidine rings is 1. The Morgan fingerprint density at radius 2 is 2.35 bits per heavy atom. The van der Waals surface area contributed by atoms with Gasteiger partial charge in [-0.25, -0.2) is 0 Å². The zero-order chi connectivity index (χ0) is 11.5. The minimum atomic E-state index is -0.0478. The van der Waals surface area contributed by atoms with E-state index in [0.717, 1.165) is 37.2 Å². The summed E-state index contributed by atoms with van der Waals surface area (Å²) in [4.78, 5) is 11.9. The molecule has 0 unspecified atom stereocenters. The fourth-order valence-electron chi connectivity index (χ4n) is 1.92. The van der Waals surface area contributed by atoms with Crippen LogP contribution in [0.15, 0.2) is 6.20 Å². The highest BCUT2D eigenvalue weighted by atomic mass is 35.5. The number of hydrogen-bond donors (Lipinski definition) is 2. The van der Waals surface area contributed by atoms with E-state index < -0.39 is 0 Å². The fourth-order valence-corrected chi connectivity index (χ4v) is 1.92. The number of nitrogens with zero attached hydrogens (tertiary/aromatic N) is 2. The lowest BCUT2D eigenvalue weighted by molar-refractivity contribution is -0.118. The summed E-state index contributed by atoms with van der Waals surface area (Å²) in [6, 6.07) is -0.0478. The SMILES string of the molecule is Cc1c(NC(=O)[C@@H]2CCCCN2)cnn1C.Cl. The third-order valence-corrected chi connectivity index (χ3v) is 3.12. The van der Waals surface area contributed by atoms with Crippen molar-refractivity contribution in [2.75, 3.05) is 11.9 Å². The van der Waals surface area contributed by atoms with Crippen LogP contribution in [0.2, 0.25) is 0 Å². The number of amides is 1. The molecule has 0 saturated carbocycles. The molecule has 17 heavy (non-hydrogen) atoms. The van der Waals surface area contributed by atoms with E-state index in [2.05, 4.69) is 15.7 Å². The van der Waals surface area contributed by atoms with Gasteiger partial charge in [0.2, 0.25) is 5.91 Å². The Kier molecular flexibility index (Phi) is 4.96. The Labute approximate surface area is 107 Å². The van der Waals surface area contributed by atoms with E-state index in [1.165, 1.54) is 0 Å². The Morgan fingerprint density at radius 3 is 2.88 bits per heavy atom. The van der Waals surface area contributed by atoms with E-state index in [1.807, 2.05) is 14.0 Å². The van der Waals surface area contributed by atoms with Crippen LogP contribution < -0.4 is 10.6 Å². The minimum Gasteiger partial charge on any atom is -0.322 e. The molecule has 0 spiro atoms. The molecule has 0 bridgehead atoms. The van der Waals surface area contributed by atoms with Crippen LogP contribution in [0.1, 0.15) is 25.0 Å². The lowest BCUT2D eigenvalue weighted by atomic mass is 10.0. The van der Waals surface area contributed by atoms with Crippen molar-refractivity contribution in [2.45, 2.75) is 32.2 Å². The van der Waals surface area contributed by atoms with Gasteiger partial charge >= 0.3 is 0 Å². The average Bonchev–Trinajstić information content (AvgIpc) is 2.62. The van der Waals surface area contributed by atoms with E-state index in [9.17, 15) is 4.79 Å². The van der Waals surface area contributed by atoms with Crippen molar-refractivity contribution in [3.8, 4) is 0 Å². The van der Waals surface area contributed by atoms with Gasteiger partial charge in [0.05, 0.1) is 23.6 Å². The molecule has 1 amide bonds. The van der Waals surface area contributed by atoms with Crippen LogP contribution in [0.25, 0.3) is 0 Å². The lowest BCUT2D eigenvalue weighted by Gasteiger charge is -2.22. The number of aromatic nitrogens is 2. The minimum absolute atomic E-state index is 0. The molecule has 1 saturated heterocycles. The predicted octanol–water partition coefficient (Wildman–Crippen LogP) is 1.23. The van der Waals surface area contributed by atoms with Gasteiger partial charge in [0.1, 0.15) is 0 Å². The summed E-state index contributed by atoms with van der Waals surface area (Å²) in [6.07, 6.45) is 4.90. The topological polar surface area (TPSA) is 59.0 Å². The van der Waals surface area contributed by atoms with Gasteiger partial charge in [0.25, 0.3) is 0 Å². The first-order chi connectivity index (χ1) is 7.68. The van der Waals surface area contributed by atoms with Crippen LogP contribution in [0, 0.1) is 6.92 Å². The summed E-state index contributed by atoms with van der Waals surface area (Å²) in [6.45, 7) is 2.88. The van der Waals surface area contributed by atoms with Crippen molar-refractivity contribution in [1.82, 2.24) is 15.1 Å². The molecule has 1 aliphatic heterocycles. The fraction of sp³-hybridized carbons (Fsp3) is 0.636. The molecule has 1 aromatic heterocycles. The summed E-state index contributed by atoms with van der Waals surface area (Å²) in [5.74, 6) is 0.0517. The van der Waals surface area contributed by atoms with Crippen LogP contribution in [-0.2, 0) is 11.8 Å². The molecule has 6 heteroatoms. The van der Waals surface area contributed by atoms with Crippen molar-refractivity contribution in [3.63, 3.8) is 0 Å². The van der Waals surface area contributed by atoms with Crippen molar-refractivity contribution in [2.24, 2.45) is 7.05 Å². The second kappa shape index (κ2) is 6.02. The van der Waals surface area contributed by atoms with Crippen molar-refractivity contribution in [3.05, 3.63) is 11.9 Å². The number of rotatable bonds is 2. The summed E-state index contributed by atoms with van der Waals surface area (Å²) in [5.41, 5.74) is 1.78. The first kappa shape index (κ1) is 14.0. The third kappa shape index (κ3) is 3.20. The molecule has 96 valence electrons. The van der Waals surface area contributed by atoms with Crippen molar-refractivity contribution < 1.29 is 4.79 Å². The molecule has 1 aromatic rings. The first-order valence-electron chi connectivity index (χ1n) is 5.71. The third-order valence-electron chi connectivity index (χ3n) is 3.12. The number of carbonyl (C=O) groups excluding carboxylic acids is 1. The normalized spacial score (nSPS) is 19.5. The molecule has 5 nitrogen and oxygen atoms in total. The smallest absolute Gasteiger partial charge is 0.241 e. The highest BCUT2D eigenvalue weighted by molar-refractivity contribution is 5.95. The second-order valence-electron chi connectivity index (χ2n) is 4.26. The van der Waals surface area contributed by atoms with Crippen LogP contribution in [0.5, 0.6) is 0 Å². The number of nitrogens with one attached hydrogen (secondary N) is 2. The summed E-state index contributed by atoms with van der Waals surface area (Å²) >= 11 is 0. The maximum atomic E-state index is 11.9. The standard InChI is InChI=1S/C11H18N4O.ClH/c1-8-10(7-13-15(8)2)14-11(16)9-5-3-4-6-12-9;/h7,9,12H,3-6H2,1-2H3,(H,14,16);1H/t9-;/m0./s1. The molecule has 2 rings (SSSR count). The van der Waals surface area contributed by atoms with Crippen LogP contribution in [0.3, 0.4) is 0 Å². The maximum absolute atomic E-state index is 11.9. The highest BCUT2D eigenvalue weighted by Gasteiger charge is 2.21. The Morgan fingerprint density at radius 1 is 1.59 bits per heavy atom. The van der Waals surface area contributed by atoms with Crippen molar-refractivity contribution in [1.29, 1.82) is 0 Å². The number of aryl methyl sites for hydroxylation is 1. The number of halogens is 1. The van der Waals surface area contributed by atoms with Gasteiger partial charge in [-0.05, 0) is 26.3 Å². The second-order valence-corrected chi connectivity index (χ2v) is 4.26. The van der Waals surface area contributed by atoms with Crippen LogP contribution >= 0.6 is 12.4 Å². The zero-order valence-electron chi connectivity index (χ0n) is 10.2. The molecule has 0 aromatic carbocycles. The Balaban J connectivity index is 0.00000144. The molecule has 1 fully saturated rings. The molecular formula is C11H19ClN4O. The average molecular weight is 259 g/mol. The van der Waals surface area contributed by atoms with Gasteiger partial charge in [-0.3, -0.25) is 9.48 Å². The number of hydrogen-bond acceptors (Lipinski definition) is 3. The van der Waals surface area contributed by atoms with E-state index >= 15 is 0 Å². The molecular weight excluding hydrogens is 240 g/mol. The zero-order valence-corrected chi connectivity index (χ0v) is 11.0. The lowest BCUT2D eigenvalue weighted by Crippen LogP contribution is -2.43. The number of anilines is 1. The largest absolute Gasteiger partial charge is 0.322 e. The molecule has 2 heterocycles. The molecule has 0 radical (unpaired) electrons. The monoisotopic (exact) mass is 258 g/mol. The summed E-state index contributed by atoms with van der Waals surface area (Å²) in [5, 5.41) is 10.2. The van der Waals surface area contributed by atoms with Gasteiger partial charge in [-0.1, -0.05) is 6.42 Å². The quantitative estimate of drug-likeness (QED) is 0.839. The molecule has 1 atom stereocenters. The molecule has 2 N–H and O–H groups in total. The molecule has 0 aliphatic carbocycles. The number of carbonyl (C=O) groups is 1. The maximum Gasteiger partial charge on any atom is 0.241 e. The molecule has 1 aliphatic rings. The predicted molar refractivity (Wildman–Crippen MR) is 69.5 cm³/mol. The van der Waals surface area contributed by atoms with E-state index in [1.54, 1.807) is 10.9 Å². The Bertz CT molecular complexity index is 385. The van der Waals surface area contributed by atoms with E-state index in [-0.39, 0.29) is 24.4 Å². The summed E-state index contributed by atoms with van der Waals surface area (Å²) in [7, 11) is 1.86. The van der Waals surface area contributed by atoms with Gasteiger partial charge in [-0.2, -0.15) is 5.10 Å². The highest BCUT2D eigenvalue weighted by Crippen LogP contribution is 2.14. The van der Waals surface area contributed by atoms with E-state index in [4.69, 9.17) is 0 Å².